The summed E-state index contributed by atoms with van der Waals surface area (Å²) in [5, 5.41) is 33.8. The SMILES string of the molecule is C1CCC2C3NC(NC4NC(NC5NC(NC6NC(N3)C3CCCCC63)C3CCCCC53)C3CCCCC43)C2C1.[Tl]. The Bertz CT molecular complexity index is 716. The number of hydrogen-bond acceptors (Lipinski definition) is 8. The predicted octanol–water partition coefficient (Wildman–Crippen LogP) is 2.22. The van der Waals surface area contributed by atoms with Crippen LogP contribution in [0, 0.1) is 47.3 Å². The Morgan fingerprint density at radius 2 is 0.341 bits per heavy atom. The molecule has 0 aromatic carbocycles. The van der Waals surface area contributed by atoms with Crippen molar-refractivity contribution in [1.82, 2.24) is 42.5 Å². The third kappa shape index (κ3) is 5.13. The van der Waals surface area contributed by atoms with Gasteiger partial charge in [-0.05, 0) is 98.7 Å². The van der Waals surface area contributed by atoms with Gasteiger partial charge in [0.25, 0.3) is 0 Å². The summed E-state index contributed by atoms with van der Waals surface area (Å²) in [5.74, 6) is 5.97. The molecular weight excluding hydrogens is 701 g/mol. The molecule has 8 bridgehead atoms. The average Bonchev–Trinajstić information content (AvgIpc) is 3.73. The first-order chi connectivity index (χ1) is 19.8. The quantitative estimate of drug-likeness (QED) is 0.179. The Morgan fingerprint density at radius 1 is 0.220 bits per heavy atom. The van der Waals surface area contributed by atoms with Crippen molar-refractivity contribution in [3.63, 3.8) is 0 Å². The third-order valence-electron chi connectivity index (χ3n) is 13.8. The molecule has 5 heterocycles. The second kappa shape index (κ2) is 12.1. The first kappa shape index (κ1) is 29.0. The molecule has 227 valence electrons. The maximum Gasteiger partial charge on any atom is 0.0628 e. The summed E-state index contributed by atoms with van der Waals surface area (Å²) in [4.78, 5) is 0. The van der Waals surface area contributed by atoms with E-state index in [0.717, 1.165) is 47.3 Å². The summed E-state index contributed by atoms with van der Waals surface area (Å²) in [5.41, 5.74) is 0. The molecule has 0 aromatic rings. The van der Waals surface area contributed by atoms with E-state index in [1.54, 1.807) is 0 Å². The first-order valence-corrected chi connectivity index (χ1v) is 17.9. The van der Waals surface area contributed by atoms with Gasteiger partial charge in [0, 0.05) is 27.3 Å². The van der Waals surface area contributed by atoms with Crippen LogP contribution in [0.5, 0.6) is 0 Å². The molecule has 5 aliphatic heterocycles. The summed E-state index contributed by atoms with van der Waals surface area (Å²) in [6.45, 7) is 0. The molecule has 4 aliphatic carbocycles. The van der Waals surface area contributed by atoms with E-state index in [-0.39, 0.29) is 27.3 Å². The van der Waals surface area contributed by atoms with Gasteiger partial charge in [-0.15, -0.1) is 0 Å². The van der Waals surface area contributed by atoms with Crippen molar-refractivity contribution in [3.05, 3.63) is 0 Å². The first-order valence-electron chi connectivity index (χ1n) is 17.9. The normalized spacial score (nSPS) is 56.2. The summed E-state index contributed by atoms with van der Waals surface area (Å²) in [6, 6.07) is 0. The van der Waals surface area contributed by atoms with Crippen molar-refractivity contribution >= 4 is 27.3 Å². The number of nitrogens with one attached hydrogen (secondary N) is 8. The fourth-order valence-corrected chi connectivity index (χ4v) is 12.0. The van der Waals surface area contributed by atoms with E-state index in [2.05, 4.69) is 42.5 Å². The molecule has 41 heavy (non-hydrogen) atoms. The average molecular weight is 757 g/mol. The minimum atomic E-state index is 0. The largest absolute Gasteiger partial charge is 0.286 e. The molecule has 9 heteroatoms. The molecule has 9 rings (SSSR count). The molecule has 9 aliphatic rings. The summed E-state index contributed by atoms with van der Waals surface area (Å²) in [6.07, 6.45) is 25.6. The van der Waals surface area contributed by atoms with Crippen LogP contribution < -0.4 is 42.5 Å². The van der Waals surface area contributed by atoms with Crippen molar-refractivity contribution in [2.45, 2.75) is 152 Å². The Labute approximate surface area is 268 Å². The molecule has 8 nitrogen and oxygen atoms in total. The fourth-order valence-electron chi connectivity index (χ4n) is 12.0. The Morgan fingerprint density at radius 3 is 0.463 bits per heavy atom. The van der Waals surface area contributed by atoms with E-state index in [4.69, 9.17) is 0 Å². The van der Waals surface area contributed by atoms with Gasteiger partial charge >= 0.3 is 0 Å². The van der Waals surface area contributed by atoms with Crippen LogP contribution in [0.3, 0.4) is 0 Å². The minimum absolute atomic E-state index is 0. The van der Waals surface area contributed by atoms with Crippen molar-refractivity contribution < 1.29 is 0 Å². The zero-order chi connectivity index (χ0) is 26.2. The molecule has 9 fully saturated rings. The van der Waals surface area contributed by atoms with E-state index < -0.39 is 0 Å². The molecule has 8 unspecified atom stereocenters. The second-order valence-electron chi connectivity index (χ2n) is 15.6. The van der Waals surface area contributed by atoms with E-state index in [0.29, 0.717) is 49.3 Å². The van der Waals surface area contributed by atoms with Gasteiger partial charge in [-0.25, -0.2) is 0 Å². The molecule has 5 saturated heterocycles. The van der Waals surface area contributed by atoms with Crippen molar-refractivity contribution in [2.75, 3.05) is 0 Å². The van der Waals surface area contributed by atoms with Crippen LogP contribution in [-0.2, 0) is 0 Å². The van der Waals surface area contributed by atoms with E-state index in [1.807, 2.05) is 0 Å². The van der Waals surface area contributed by atoms with Crippen molar-refractivity contribution in [2.24, 2.45) is 47.3 Å². The predicted molar refractivity (Wildman–Crippen MR) is 163 cm³/mol. The molecule has 8 N–H and O–H groups in total. The maximum absolute atomic E-state index is 4.26. The summed E-state index contributed by atoms with van der Waals surface area (Å²) >= 11 is 0. The van der Waals surface area contributed by atoms with Gasteiger partial charge in [-0.2, -0.15) is 0 Å². The van der Waals surface area contributed by atoms with Crippen LogP contribution in [0.1, 0.15) is 103 Å². The van der Waals surface area contributed by atoms with Gasteiger partial charge in [0.15, 0.2) is 0 Å². The third-order valence-corrected chi connectivity index (χ3v) is 13.8. The zero-order valence-electron chi connectivity index (χ0n) is 25.1. The minimum Gasteiger partial charge on any atom is -0.286 e. The van der Waals surface area contributed by atoms with Crippen molar-refractivity contribution in [1.29, 1.82) is 0 Å². The van der Waals surface area contributed by atoms with Gasteiger partial charge in [-0.3, -0.25) is 42.5 Å². The zero-order valence-corrected chi connectivity index (χ0v) is 29.6. The van der Waals surface area contributed by atoms with Gasteiger partial charge in [0.1, 0.15) is 0 Å². The van der Waals surface area contributed by atoms with E-state index in [9.17, 15) is 0 Å². The number of rotatable bonds is 0. The monoisotopic (exact) mass is 757 g/mol. The van der Waals surface area contributed by atoms with Gasteiger partial charge in [0.05, 0.1) is 49.3 Å². The second-order valence-corrected chi connectivity index (χ2v) is 15.6. The van der Waals surface area contributed by atoms with Crippen LogP contribution in [-0.4, -0.2) is 76.6 Å². The number of hydrogen-bond donors (Lipinski definition) is 8. The fraction of sp³-hybridized carbons (Fsp3) is 1.00. The van der Waals surface area contributed by atoms with E-state index in [1.165, 1.54) is 103 Å². The summed E-state index contributed by atoms with van der Waals surface area (Å²) < 4.78 is 0. The molecular formula is C32H56N8Tl. The molecule has 1 radical (unpaired) electrons. The van der Waals surface area contributed by atoms with Gasteiger partial charge in [-0.1, -0.05) is 51.4 Å². The Balaban J connectivity index is 0.00000256. The molecule has 4 saturated carbocycles. The summed E-state index contributed by atoms with van der Waals surface area (Å²) in [7, 11) is 0. The van der Waals surface area contributed by atoms with E-state index >= 15 is 0 Å². The number of fused-ring (bicyclic) bond motifs is 20. The van der Waals surface area contributed by atoms with Gasteiger partial charge in [0.2, 0.25) is 0 Å². The molecule has 8 atom stereocenters. The topological polar surface area (TPSA) is 96.2 Å². The van der Waals surface area contributed by atoms with Crippen molar-refractivity contribution in [3.8, 4) is 0 Å². The standard InChI is InChI=1S/C32H56N8.Tl/c1-2-10-18-17(9-1)25-33-26(18)38-28-21-13-5-6-14-22(21)30(35-28)40-32-24-16-8-7-15-23(24)31(36-32)39-29-20-12-4-3-11-19(20)27(34-29)37-25;/h17-40H,1-16H2;. The van der Waals surface area contributed by atoms with Crippen LogP contribution in [0.4, 0.5) is 0 Å². The Hall–Kier alpha value is 0.602. The Kier molecular flexibility index (Phi) is 8.55. The van der Waals surface area contributed by atoms with Crippen LogP contribution in [0.25, 0.3) is 0 Å². The van der Waals surface area contributed by atoms with Crippen LogP contribution >= 0.6 is 0 Å². The smallest absolute Gasteiger partial charge is 0.0628 e. The molecule has 0 amide bonds. The molecule has 0 aromatic heterocycles. The van der Waals surface area contributed by atoms with Crippen LogP contribution in [0.15, 0.2) is 0 Å². The van der Waals surface area contributed by atoms with Gasteiger partial charge < -0.3 is 0 Å². The maximum atomic E-state index is 4.26. The molecule has 0 spiro atoms. The van der Waals surface area contributed by atoms with Crippen LogP contribution in [0.2, 0.25) is 0 Å².